The van der Waals surface area contributed by atoms with Gasteiger partial charge >= 0.3 is 5.97 Å². The summed E-state index contributed by atoms with van der Waals surface area (Å²) in [6, 6.07) is 0.0578. The lowest BCUT2D eigenvalue weighted by Gasteiger charge is -2.27. The minimum atomic E-state index is -0.468. The molecule has 1 unspecified atom stereocenters. The summed E-state index contributed by atoms with van der Waals surface area (Å²) in [4.78, 5) is 13.3. The lowest BCUT2D eigenvalue weighted by atomic mass is 10.2. The zero-order valence-corrected chi connectivity index (χ0v) is 8.83. The fourth-order valence-corrected chi connectivity index (χ4v) is 1.55. The van der Waals surface area contributed by atoms with E-state index in [2.05, 4.69) is 4.74 Å². The molecule has 0 aromatic heterocycles. The van der Waals surface area contributed by atoms with E-state index >= 15 is 0 Å². The molecule has 1 rings (SSSR count). The maximum Gasteiger partial charge on any atom is 0.336 e. The first kappa shape index (κ1) is 10.5. The molecule has 1 fully saturated rings. The highest BCUT2D eigenvalue weighted by molar-refractivity contribution is 5.75. The van der Waals surface area contributed by atoms with Crippen LogP contribution in [-0.4, -0.2) is 42.9 Å². The van der Waals surface area contributed by atoms with Crippen molar-refractivity contribution in [1.82, 2.24) is 4.90 Å². The smallest absolute Gasteiger partial charge is 0.336 e. The van der Waals surface area contributed by atoms with Crippen LogP contribution in [0.2, 0.25) is 0 Å². The minimum Gasteiger partial charge on any atom is -0.467 e. The standard InChI is InChI=1S/C9H17NO3/c1-6-7(8(11)12-5)13-9(2,3)10(6)4/h6-7H,1-5H3/t6-,7?/m0/s1. The molecule has 76 valence electrons. The number of esters is 1. The molecule has 4 heteroatoms. The summed E-state index contributed by atoms with van der Waals surface area (Å²) >= 11 is 0. The van der Waals surface area contributed by atoms with Crippen LogP contribution in [0.5, 0.6) is 0 Å². The van der Waals surface area contributed by atoms with Gasteiger partial charge in [0.2, 0.25) is 0 Å². The molecule has 1 saturated heterocycles. The quantitative estimate of drug-likeness (QED) is 0.564. The summed E-state index contributed by atoms with van der Waals surface area (Å²) in [5.41, 5.74) is -0.391. The maximum atomic E-state index is 11.3. The van der Waals surface area contributed by atoms with E-state index in [0.29, 0.717) is 0 Å². The van der Waals surface area contributed by atoms with Gasteiger partial charge in [-0.05, 0) is 27.8 Å². The van der Waals surface area contributed by atoms with Crippen molar-refractivity contribution in [3.63, 3.8) is 0 Å². The van der Waals surface area contributed by atoms with Crippen molar-refractivity contribution in [2.75, 3.05) is 14.2 Å². The molecule has 0 saturated carbocycles. The molecule has 0 spiro atoms. The third-order valence-electron chi connectivity index (χ3n) is 2.75. The normalized spacial score (nSPS) is 33.3. The average Bonchev–Trinajstić information content (AvgIpc) is 2.28. The minimum absolute atomic E-state index is 0.0578. The fourth-order valence-electron chi connectivity index (χ4n) is 1.55. The molecule has 0 amide bonds. The molecular formula is C9H17NO3. The summed E-state index contributed by atoms with van der Waals surface area (Å²) in [5.74, 6) is -0.301. The van der Waals surface area contributed by atoms with E-state index in [9.17, 15) is 4.79 Å². The zero-order chi connectivity index (χ0) is 10.2. The summed E-state index contributed by atoms with van der Waals surface area (Å²) in [6.07, 6.45) is -0.468. The Balaban J connectivity index is 2.78. The van der Waals surface area contributed by atoms with Crippen LogP contribution in [0.15, 0.2) is 0 Å². The molecule has 1 heterocycles. The lowest BCUT2D eigenvalue weighted by Crippen LogP contribution is -2.40. The molecule has 4 nitrogen and oxygen atoms in total. The fraction of sp³-hybridized carbons (Fsp3) is 0.889. The van der Waals surface area contributed by atoms with E-state index in [1.54, 1.807) is 0 Å². The first-order chi connectivity index (χ1) is 5.90. The Labute approximate surface area is 78.8 Å². The van der Waals surface area contributed by atoms with E-state index < -0.39 is 11.8 Å². The van der Waals surface area contributed by atoms with Gasteiger partial charge in [-0.25, -0.2) is 4.79 Å². The van der Waals surface area contributed by atoms with E-state index in [1.165, 1.54) is 7.11 Å². The van der Waals surface area contributed by atoms with E-state index in [1.807, 2.05) is 32.7 Å². The van der Waals surface area contributed by atoms with Crippen LogP contribution in [-0.2, 0) is 14.3 Å². The topological polar surface area (TPSA) is 38.8 Å². The van der Waals surface area contributed by atoms with Gasteiger partial charge in [0.15, 0.2) is 6.10 Å². The highest BCUT2D eigenvalue weighted by atomic mass is 16.6. The summed E-state index contributed by atoms with van der Waals surface area (Å²) < 4.78 is 10.2. The average molecular weight is 187 g/mol. The number of carbonyl (C=O) groups excluding carboxylic acids is 1. The second-order valence-electron chi connectivity index (χ2n) is 3.86. The van der Waals surface area contributed by atoms with E-state index in [0.717, 1.165) is 0 Å². The lowest BCUT2D eigenvalue weighted by molar-refractivity contribution is -0.158. The number of nitrogens with zero attached hydrogens (tertiary/aromatic N) is 1. The van der Waals surface area contributed by atoms with Crippen molar-refractivity contribution in [3.05, 3.63) is 0 Å². The van der Waals surface area contributed by atoms with Gasteiger partial charge in [-0.2, -0.15) is 0 Å². The van der Waals surface area contributed by atoms with Crippen LogP contribution in [0.1, 0.15) is 20.8 Å². The molecule has 0 N–H and O–H groups in total. The summed E-state index contributed by atoms with van der Waals surface area (Å²) in [6.45, 7) is 5.83. The Morgan fingerprint density at radius 1 is 1.54 bits per heavy atom. The molecular weight excluding hydrogens is 170 g/mol. The third-order valence-corrected chi connectivity index (χ3v) is 2.75. The van der Waals surface area contributed by atoms with Crippen LogP contribution >= 0.6 is 0 Å². The van der Waals surface area contributed by atoms with Gasteiger partial charge in [-0.3, -0.25) is 4.90 Å². The largest absolute Gasteiger partial charge is 0.467 e. The zero-order valence-electron chi connectivity index (χ0n) is 8.83. The maximum absolute atomic E-state index is 11.3. The van der Waals surface area contributed by atoms with Gasteiger partial charge in [-0.15, -0.1) is 0 Å². The number of hydrogen-bond acceptors (Lipinski definition) is 4. The van der Waals surface area contributed by atoms with Crippen molar-refractivity contribution in [2.45, 2.75) is 38.6 Å². The molecule has 1 aliphatic heterocycles. The van der Waals surface area contributed by atoms with Crippen LogP contribution in [0, 0.1) is 0 Å². The number of ether oxygens (including phenoxy) is 2. The van der Waals surface area contributed by atoms with Crippen LogP contribution in [0.4, 0.5) is 0 Å². The van der Waals surface area contributed by atoms with Gasteiger partial charge in [0.05, 0.1) is 7.11 Å². The monoisotopic (exact) mass is 187 g/mol. The highest BCUT2D eigenvalue weighted by Crippen LogP contribution is 2.30. The Morgan fingerprint density at radius 2 is 2.08 bits per heavy atom. The Morgan fingerprint density at radius 3 is 2.38 bits per heavy atom. The Kier molecular flexibility index (Phi) is 2.63. The van der Waals surface area contributed by atoms with Gasteiger partial charge in [0, 0.05) is 6.04 Å². The summed E-state index contributed by atoms with van der Waals surface area (Å²) in [7, 11) is 3.32. The van der Waals surface area contributed by atoms with Crippen LogP contribution in [0.25, 0.3) is 0 Å². The summed E-state index contributed by atoms with van der Waals surface area (Å²) in [5, 5.41) is 0. The Bertz CT molecular complexity index is 215. The van der Waals surface area contributed by atoms with Crippen LogP contribution < -0.4 is 0 Å². The van der Waals surface area contributed by atoms with E-state index in [-0.39, 0.29) is 12.0 Å². The van der Waals surface area contributed by atoms with Crippen molar-refractivity contribution < 1.29 is 14.3 Å². The molecule has 13 heavy (non-hydrogen) atoms. The van der Waals surface area contributed by atoms with Gasteiger partial charge in [0.25, 0.3) is 0 Å². The first-order valence-electron chi connectivity index (χ1n) is 4.38. The van der Waals surface area contributed by atoms with Crippen molar-refractivity contribution in [2.24, 2.45) is 0 Å². The highest BCUT2D eigenvalue weighted by Gasteiger charge is 2.46. The van der Waals surface area contributed by atoms with Crippen molar-refractivity contribution >= 4 is 5.97 Å². The number of likely N-dealkylation sites (N-methyl/N-ethyl adjacent to an activating group) is 1. The third kappa shape index (κ3) is 1.69. The molecule has 2 atom stereocenters. The van der Waals surface area contributed by atoms with Crippen molar-refractivity contribution in [1.29, 1.82) is 0 Å². The second-order valence-corrected chi connectivity index (χ2v) is 3.86. The van der Waals surface area contributed by atoms with Gasteiger partial charge in [-0.1, -0.05) is 0 Å². The van der Waals surface area contributed by atoms with E-state index in [4.69, 9.17) is 4.74 Å². The predicted octanol–water partition coefficient (Wildman–Crippen LogP) is 0.615. The number of methoxy groups -OCH3 is 1. The number of rotatable bonds is 1. The molecule has 1 aliphatic rings. The molecule has 0 radical (unpaired) electrons. The first-order valence-corrected chi connectivity index (χ1v) is 4.38. The van der Waals surface area contributed by atoms with Gasteiger partial charge in [0.1, 0.15) is 5.72 Å². The molecule has 0 bridgehead atoms. The number of hydrogen-bond donors (Lipinski definition) is 0. The van der Waals surface area contributed by atoms with Crippen LogP contribution in [0.3, 0.4) is 0 Å². The Hall–Kier alpha value is -0.610. The number of carbonyl (C=O) groups is 1. The van der Waals surface area contributed by atoms with Gasteiger partial charge < -0.3 is 9.47 Å². The SMILES string of the molecule is COC(=O)C1OC(C)(C)N(C)[C@H]1C. The molecule has 0 aromatic rings. The second kappa shape index (κ2) is 3.27. The van der Waals surface area contributed by atoms with Crippen molar-refractivity contribution in [3.8, 4) is 0 Å². The molecule has 0 aromatic carbocycles. The predicted molar refractivity (Wildman–Crippen MR) is 48.2 cm³/mol. The molecule has 0 aliphatic carbocycles.